The number of rotatable bonds is 2. The number of oxime groups is 1. The van der Waals surface area contributed by atoms with Crippen LogP contribution in [0.2, 0.25) is 0 Å². The van der Waals surface area contributed by atoms with Crippen molar-refractivity contribution in [2.45, 2.75) is 19.4 Å². The van der Waals surface area contributed by atoms with Crippen molar-refractivity contribution in [1.82, 2.24) is 0 Å². The Labute approximate surface area is 82.4 Å². The molecule has 2 rings (SSSR count). The molecule has 0 bridgehead atoms. The van der Waals surface area contributed by atoms with Crippen molar-refractivity contribution in [3.8, 4) is 0 Å². The van der Waals surface area contributed by atoms with Gasteiger partial charge in [0.1, 0.15) is 0 Å². The highest BCUT2D eigenvalue weighted by molar-refractivity contribution is 6.03. The first-order chi connectivity index (χ1) is 6.77. The largest absolute Gasteiger partial charge is 0.384 e. The van der Waals surface area contributed by atoms with Crippen LogP contribution in [0.15, 0.2) is 35.5 Å². The van der Waals surface area contributed by atoms with Gasteiger partial charge in [-0.15, -0.1) is 0 Å². The van der Waals surface area contributed by atoms with Gasteiger partial charge < -0.3 is 4.84 Å². The van der Waals surface area contributed by atoms with Crippen LogP contribution in [0.3, 0.4) is 0 Å². The summed E-state index contributed by atoms with van der Waals surface area (Å²) in [7, 11) is 0. The number of Topliss-reactive ketones (excluding diaryl/α,β-unsaturated/α-hetero) is 1. The lowest BCUT2D eigenvalue weighted by Crippen LogP contribution is -2.17. The lowest BCUT2D eigenvalue weighted by molar-refractivity contribution is -0.126. The summed E-state index contributed by atoms with van der Waals surface area (Å²) < 4.78 is 0. The van der Waals surface area contributed by atoms with Crippen molar-refractivity contribution >= 4 is 11.5 Å². The van der Waals surface area contributed by atoms with Gasteiger partial charge in [-0.25, -0.2) is 0 Å². The second-order valence-electron chi connectivity index (χ2n) is 3.31. The summed E-state index contributed by atoms with van der Waals surface area (Å²) in [5.74, 6) is 0.0275. The van der Waals surface area contributed by atoms with Crippen molar-refractivity contribution in [3.05, 3.63) is 35.9 Å². The van der Waals surface area contributed by atoms with Gasteiger partial charge in [0.2, 0.25) is 0 Å². The normalized spacial score (nSPS) is 20.1. The van der Waals surface area contributed by atoms with E-state index < -0.39 is 0 Å². The zero-order valence-corrected chi connectivity index (χ0v) is 7.93. The predicted molar refractivity (Wildman–Crippen MR) is 53.2 cm³/mol. The van der Waals surface area contributed by atoms with Gasteiger partial charge in [-0.3, -0.25) is 4.79 Å². The Kier molecular flexibility index (Phi) is 2.31. The summed E-state index contributed by atoms with van der Waals surface area (Å²) in [6, 6.07) is 9.76. The van der Waals surface area contributed by atoms with Crippen LogP contribution in [0.1, 0.15) is 18.9 Å². The number of carbonyl (C=O) groups is 1. The quantitative estimate of drug-likeness (QED) is 0.711. The molecule has 1 aliphatic heterocycles. The van der Waals surface area contributed by atoms with Crippen LogP contribution in [-0.2, 0) is 9.63 Å². The zero-order valence-electron chi connectivity index (χ0n) is 7.93. The SMILES string of the molecule is CC(=O)C1CC(c2ccccc2)=NO1. The first-order valence-corrected chi connectivity index (χ1v) is 4.56. The number of benzene rings is 1. The Hall–Kier alpha value is -1.64. The molecule has 0 fully saturated rings. The molecule has 3 heteroatoms. The van der Waals surface area contributed by atoms with E-state index in [1.54, 1.807) is 0 Å². The van der Waals surface area contributed by atoms with E-state index in [0.717, 1.165) is 11.3 Å². The van der Waals surface area contributed by atoms with Gasteiger partial charge in [-0.2, -0.15) is 0 Å². The molecule has 72 valence electrons. The highest BCUT2D eigenvalue weighted by Crippen LogP contribution is 2.16. The lowest BCUT2D eigenvalue weighted by Gasteiger charge is -2.01. The van der Waals surface area contributed by atoms with Crippen LogP contribution in [0.25, 0.3) is 0 Å². The molecule has 0 aromatic heterocycles. The molecule has 0 aliphatic carbocycles. The average Bonchev–Trinajstić information content (AvgIpc) is 2.68. The van der Waals surface area contributed by atoms with Gasteiger partial charge in [0.25, 0.3) is 0 Å². The maximum absolute atomic E-state index is 11.0. The van der Waals surface area contributed by atoms with Crippen molar-refractivity contribution in [3.63, 3.8) is 0 Å². The number of hydrogen-bond donors (Lipinski definition) is 0. The van der Waals surface area contributed by atoms with Crippen LogP contribution < -0.4 is 0 Å². The molecule has 0 radical (unpaired) electrons. The maximum atomic E-state index is 11.0. The van der Waals surface area contributed by atoms with Gasteiger partial charge in [0.15, 0.2) is 11.9 Å². The summed E-state index contributed by atoms with van der Waals surface area (Å²) in [4.78, 5) is 16.0. The van der Waals surface area contributed by atoms with Gasteiger partial charge in [0.05, 0.1) is 5.71 Å². The van der Waals surface area contributed by atoms with E-state index >= 15 is 0 Å². The number of nitrogens with zero attached hydrogens (tertiary/aromatic N) is 1. The maximum Gasteiger partial charge on any atom is 0.190 e. The molecular formula is C11H11NO2. The van der Waals surface area contributed by atoms with Crippen LogP contribution in [0.4, 0.5) is 0 Å². The van der Waals surface area contributed by atoms with Crippen LogP contribution in [-0.4, -0.2) is 17.6 Å². The van der Waals surface area contributed by atoms with E-state index in [4.69, 9.17) is 4.84 Å². The third-order valence-electron chi connectivity index (χ3n) is 2.23. The Balaban J connectivity index is 2.13. The van der Waals surface area contributed by atoms with Crippen molar-refractivity contribution < 1.29 is 9.63 Å². The number of hydrogen-bond acceptors (Lipinski definition) is 3. The topological polar surface area (TPSA) is 38.7 Å². The van der Waals surface area contributed by atoms with Crippen LogP contribution in [0, 0.1) is 0 Å². The first-order valence-electron chi connectivity index (χ1n) is 4.56. The fourth-order valence-corrected chi connectivity index (χ4v) is 1.40. The van der Waals surface area contributed by atoms with E-state index in [0.29, 0.717) is 6.42 Å². The Bertz CT molecular complexity index is 370. The van der Waals surface area contributed by atoms with E-state index in [2.05, 4.69) is 5.16 Å². The molecule has 0 spiro atoms. The van der Waals surface area contributed by atoms with E-state index in [9.17, 15) is 4.79 Å². The Morgan fingerprint density at radius 3 is 2.71 bits per heavy atom. The molecule has 1 unspecified atom stereocenters. The zero-order chi connectivity index (χ0) is 9.97. The average molecular weight is 189 g/mol. The molecule has 0 saturated carbocycles. The van der Waals surface area contributed by atoms with Gasteiger partial charge >= 0.3 is 0 Å². The van der Waals surface area contributed by atoms with Gasteiger partial charge in [-0.05, 0) is 12.5 Å². The molecule has 3 nitrogen and oxygen atoms in total. The third kappa shape index (κ3) is 1.66. The molecule has 1 heterocycles. The van der Waals surface area contributed by atoms with E-state index in [1.165, 1.54) is 6.92 Å². The summed E-state index contributed by atoms with van der Waals surface area (Å²) >= 11 is 0. The fraction of sp³-hybridized carbons (Fsp3) is 0.273. The number of ketones is 1. The minimum atomic E-state index is -0.384. The standard InChI is InChI=1S/C11H11NO2/c1-8(13)11-7-10(12-14-11)9-5-3-2-4-6-9/h2-6,11H,7H2,1H3. The minimum absolute atomic E-state index is 0.0275. The van der Waals surface area contributed by atoms with Crippen LogP contribution in [0.5, 0.6) is 0 Å². The van der Waals surface area contributed by atoms with E-state index in [1.807, 2.05) is 30.3 Å². The molecule has 1 aromatic rings. The second kappa shape index (κ2) is 3.62. The molecule has 0 saturated heterocycles. The van der Waals surface area contributed by atoms with Crippen molar-refractivity contribution in [2.75, 3.05) is 0 Å². The number of carbonyl (C=O) groups excluding carboxylic acids is 1. The summed E-state index contributed by atoms with van der Waals surface area (Å²) in [6.07, 6.45) is 0.199. The summed E-state index contributed by atoms with van der Waals surface area (Å²) in [5.41, 5.74) is 1.88. The summed E-state index contributed by atoms with van der Waals surface area (Å²) in [6.45, 7) is 1.52. The summed E-state index contributed by atoms with van der Waals surface area (Å²) in [5, 5.41) is 3.90. The smallest absolute Gasteiger partial charge is 0.190 e. The van der Waals surface area contributed by atoms with Crippen molar-refractivity contribution in [1.29, 1.82) is 0 Å². The highest BCUT2D eigenvalue weighted by Gasteiger charge is 2.25. The lowest BCUT2D eigenvalue weighted by atomic mass is 10.0. The van der Waals surface area contributed by atoms with Crippen LogP contribution >= 0.6 is 0 Å². The van der Waals surface area contributed by atoms with E-state index in [-0.39, 0.29) is 11.9 Å². The minimum Gasteiger partial charge on any atom is -0.384 e. The molecular weight excluding hydrogens is 178 g/mol. The molecule has 0 N–H and O–H groups in total. The van der Waals surface area contributed by atoms with Gasteiger partial charge in [0, 0.05) is 6.42 Å². The monoisotopic (exact) mass is 189 g/mol. The Morgan fingerprint density at radius 2 is 2.14 bits per heavy atom. The predicted octanol–water partition coefficient (Wildman–Crippen LogP) is 1.77. The Morgan fingerprint density at radius 1 is 1.43 bits per heavy atom. The molecule has 1 aliphatic rings. The first kappa shape index (κ1) is 8.94. The molecule has 1 aromatic carbocycles. The van der Waals surface area contributed by atoms with Crippen molar-refractivity contribution in [2.24, 2.45) is 5.16 Å². The molecule has 1 atom stereocenters. The van der Waals surface area contributed by atoms with Gasteiger partial charge in [-0.1, -0.05) is 35.5 Å². The molecule has 14 heavy (non-hydrogen) atoms. The molecule has 0 amide bonds. The second-order valence-corrected chi connectivity index (χ2v) is 3.31. The highest BCUT2D eigenvalue weighted by atomic mass is 16.6. The third-order valence-corrected chi connectivity index (χ3v) is 2.23. The fourth-order valence-electron chi connectivity index (χ4n) is 1.40.